The Balaban J connectivity index is 2.21. The van der Waals surface area contributed by atoms with Gasteiger partial charge in [0.2, 0.25) is 0 Å². The van der Waals surface area contributed by atoms with Crippen LogP contribution < -0.4 is 0 Å². The molecule has 5 heteroatoms. The highest BCUT2D eigenvalue weighted by atomic mass is 16.4. The smallest absolute Gasteiger partial charge is 0.323 e. The van der Waals surface area contributed by atoms with Crippen molar-refractivity contribution in [3.63, 3.8) is 0 Å². The van der Waals surface area contributed by atoms with Gasteiger partial charge in [-0.15, -0.1) is 0 Å². The Morgan fingerprint density at radius 2 is 2.11 bits per heavy atom. The van der Waals surface area contributed by atoms with Crippen molar-refractivity contribution in [2.24, 2.45) is 0 Å². The predicted molar refractivity (Wildman–Crippen MR) is 69.9 cm³/mol. The quantitative estimate of drug-likeness (QED) is 0.899. The minimum Gasteiger partial charge on any atom is -0.480 e. The molecule has 102 valence electrons. The van der Waals surface area contributed by atoms with Crippen LogP contribution in [0, 0.1) is 6.92 Å². The number of hydrogen-bond donors (Lipinski definition) is 1. The van der Waals surface area contributed by atoms with Gasteiger partial charge in [-0.25, -0.2) is 0 Å². The molecule has 1 amide bonds. The molecular weight excluding hydrogens is 244 g/mol. The van der Waals surface area contributed by atoms with Crippen molar-refractivity contribution in [2.75, 3.05) is 6.54 Å². The van der Waals surface area contributed by atoms with Crippen molar-refractivity contribution in [1.82, 2.24) is 9.88 Å². The van der Waals surface area contributed by atoms with Crippen molar-refractivity contribution in [1.29, 1.82) is 0 Å². The Bertz CT molecular complexity index is 481. The van der Waals surface area contributed by atoms with E-state index in [2.05, 4.69) is 4.98 Å². The van der Waals surface area contributed by atoms with Crippen LogP contribution in [0.25, 0.3) is 0 Å². The summed E-state index contributed by atoms with van der Waals surface area (Å²) in [5, 5.41) is 8.99. The molecule has 0 aromatic carbocycles. The number of carboxylic acids is 1. The van der Waals surface area contributed by atoms with Crippen LogP contribution in [-0.2, 0) is 4.79 Å². The van der Waals surface area contributed by atoms with E-state index in [0.29, 0.717) is 5.56 Å². The largest absolute Gasteiger partial charge is 0.480 e. The van der Waals surface area contributed by atoms with Crippen molar-refractivity contribution < 1.29 is 14.7 Å². The Labute approximate surface area is 112 Å². The molecule has 1 aliphatic carbocycles. The molecule has 1 N–H and O–H groups in total. The summed E-state index contributed by atoms with van der Waals surface area (Å²) in [6.07, 6.45) is 5.48. The van der Waals surface area contributed by atoms with Gasteiger partial charge in [0, 0.05) is 23.5 Å². The number of carbonyl (C=O) groups excluding carboxylic acids is 1. The molecule has 1 heterocycles. The molecule has 1 aromatic rings. The molecule has 0 aliphatic heterocycles. The molecule has 1 fully saturated rings. The van der Waals surface area contributed by atoms with E-state index >= 15 is 0 Å². The SMILES string of the molecule is Cc1cc(C(=O)N(CC(=O)O)C2CCCC2)ccn1. The Morgan fingerprint density at radius 3 is 2.68 bits per heavy atom. The number of carboxylic acid groups (broad SMARTS) is 1. The molecule has 19 heavy (non-hydrogen) atoms. The molecule has 0 spiro atoms. The van der Waals surface area contributed by atoms with Crippen LogP contribution in [0.5, 0.6) is 0 Å². The molecule has 0 atom stereocenters. The van der Waals surface area contributed by atoms with Gasteiger partial charge >= 0.3 is 5.97 Å². The number of hydrogen-bond acceptors (Lipinski definition) is 3. The van der Waals surface area contributed by atoms with Crippen LogP contribution in [0.2, 0.25) is 0 Å². The molecule has 0 radical (unpaired) electrons. The molecule has 1 aromatic heterocycles. The van der Waals surface area contributed by atoms with Crippen LogP contribution in [0.4, 0.5) is 0 Å². The van der Waals surface area contributed by atoms with Gasteiger partial charge < -0.3 is 10.0 Å². The molecular formula is C14H18N2O3. The second kappa shape index (κ2) is 5.82. The lowest BCUT2D eigenvalue weighted by Crippen LogP contribution is -2.42. The highest BCUT2D eigenvalue weighted by Gasteiger charge is 2.29. The topological polar surface area (TPSA) is 70.5 Å². The van der Waals surface area contributed by atoms with Crippen LogP contribution in [0.15, 0.2) is 18.3 Å². The predicted octanol–water partition coefficient (Wildman–Crippen LogP) is 1.86. The normalized spacial score (nSPS) is 15.4. The van der Waals surface area contributed by atoms with Crippen molar-refractivity contribution in [3.05, 3.63) is 29.6 Å². The average Bonchev–Trinajstić information content (AvgIpc) is 2.88. The third-order valence-electron chi connectivity index (χ3n) is 3.48. The Kier molecular flexibility index (Phi) is 4.14. The summed E-state index contributed by atoms with van der Waals surface area (Å²) in [5.74, 6) is -1.18. The number of aliphatic carboxylic acids is 1. The minimum absolute atomic E-state index is 0.0528. The van der Waals surface area contributed by atoms with E-state index in [9.17, 15) is 9.59 Å². The maximum absolute atomic E-state index is 12.5. The first-order valence-corrected chi connectivity index (χ1v) is 6.53. The fourth-order valence-electron chi connectivity index (χ4n) is 2.57. The van der Waals surface area contributed by atoms with Crippen molar-refractivity contribution in [3.8, 4) is 0 Å². The highest BCUT2D eigenvalue weighted by molar-refractivity contribution is 5.96. The van der Waals surface area contributed by atoms with E-state index in [0.717, 1.165) is 31.4 Å². The zero-order chi connectivity index (χ0) is 13.8. The number of amides is 1. The first-order chi connectivity index (χ1) is 9.08. The fraction of sp³-hybridized carbons (Fsp3) is 0.500. The van der Waals surface area contributed by atoms with Crippen LogP contribution in [0.3, 0.4) is 0 Å². The molecule has 1 saturated carbocycles. The number of aryl methyl sites for hydroxylation is 1. The van der Waals surface area contributed by atoms with Crippen molar-refractivity contribution >= 4 is 11.9 Å². The summed E-state index contributed by atoms with van der Waals surface area (Å²) in [4.78, 5) is 29.0. The second-order valence-corrected chi connectivity index (χ2v) is 4.95. The van der Waals surface area contributed by atoms with Crippen LogP contribution in [0.1, 0.15) is 41.7 Å². The van der Waals surface area contributed by atoms with Crippen LogP contribution >= 0.6 is 0 Å². The molecule has 0 bridgehead atoms. The standard InChI is InChI=1S/C14H18N2O3/c1-10-8-11(6-7-15-10)14(19)16(9-13(17)18)12-4-2-3-5-12/h6-8,12H,2-5,9H2,1H3,(H,17,18). The maximum Gasteiger partial charge on any atom is 0.323 e. The zero-order valence-corrected chi connectivity index (χ0v) is 11.0. The number of carbonyl (C=O) groups is 2. The fourth-order valence-corrected chi connectivity index (χ4v) is 2.57. The van der Waals surface area contributed by atoms with E-state index in [-0.39, 0.29) is 18.5 Å². The zero-order valence-electron chi connectivity index (χ0n) is 11.0. The van der Waals surface area contributed by atoms with E-state index in [4.69, 9.17) is 5.11 Å². The summed E-state index contributed by atoms with van der Waals surface area (Å²) in [6.45, 7) is 1.58. The summed E-state index contributed by atoms with van der Waals surface area (Å²) in [7, 11) is 0. The number of nitrogens with zero attached hydrogens (tertiary/aromatic N) is 2. The van der Waals surface area contributed by atoms with Gasteiger partial charge in [-0.3, -0.25) is 14.6 Å². The first kappa shape index (κ1) is 13.5. The van der Waals surface area contributed by atoms with Crippen LogP contribution in [-0.4, -0.2) is 39.5 Å². The van der Waals surface area contributed by atoms with E-state index in [1.807, 2.05) is 6.92 Å². The summed E-state index contributed by atoms with van der Waals surface area (Å²) >= 11 is 0. The molecule has 1 aliphatic rings. The molecule has 5 nitrogen and oxygen atoms in total. The van der Waals surface area contributed by atoms with E-state index < -0.39 is 5.97 Å². The Hall–Kier alpha value is -1.91. The van der Waals surface area contributed by atoms with Gasteiger partial charge in [0.25, 0.3) is 5.91 Å². The van der Waals surface area contributed by atoms with E-state index in [1.54, 1.807) is 18.3 Å². The summed E-state index contributed by atoms with van der Waals surface area (Å²) in [5.41, 5.74) is 1.27. The summed E-state index contributed by atoms with van der Waals surface area (Å²) in [6, 6.07) is 3.39. The van der Waals surface area contributed by atoms with Gasteiger partial charge in [0.15, 0.2) is 0 Å². The lowest BCUT2D eigenvalue weighted by molar-refractivity contribution is -0.138. The second-order valence-electron chi connectivity index (χ2n) is 4.95. The number of rotatable bonds is 4. The highest BCUT2D eigenvalue weighted by Crippen LogP contribution is 2.24. The average molecular weight is 262 g/mol. The van der Waals surface area contributed by atoms with Crippen molar-refractivity contribution in [2.45, 2.75) is 38.6 Å². The van der Waals surface area contributed by atoms with Gasteiger partial charge in [-0.2, -0.15) is 0 Å². The van der Waals surface area contributed by atoms with Gasteiger partial charge in [-0.05, 0) is 31.9 Å². The number of aromatic nitrogens is 1. The van der Waals surface area contributed by atoms with E-state index in [1.165, 1.54) is 4.90 Å². The first-order valence-electron chi connectivity index (χ1n) is 6.53. The monoisotopic (exact) mass is 262 g/mol. The minimum atomic E-state index is -0.967. The van der Waals surface area contributed by atoms with Gasteiger partial charge in [-0.1, -0.05) is 12.8 Å². The molecule has 0 unspecified atom stereocenters. The number of pyridine rings is 1. The molecule has 0 saturated heterocycles. The third-order valence-corrected chi connectivity index (χ3v) is 3.48. The lowest BCUT2D eigenvalue weighted by Gasteiger charge is -2.27. The third kappa shape index (κ3) is 3.30. The maximum atomic E-state index is 12.5. The lowest BCUT2D eigenvalue weighted by atomic mass is 10.1. The van der Waals surface area contributed by atoms with Gasteiger partial charge in [0.1, 0.15) is 6.54 Å². The summed E-state index contributed by atoms with van der Waals surface area (Å²) < 4.78 is 0. The van der Waals surface area contributed by atoms with Gasteiger partial charge in [0.05, 0.1) is 0 Å². The Morgan fingerprint density at radius 1 is 1.42 bits per heavy atom. The molecule has 2 rings (SSSR count).